The van der Waals surface area contributed by atoms with Crippen molar-refractivity contribution in [1.29, 1.82) is 0 Å². The Bertz CT molecular complexity index is 516. The molecule has 0 saturated heterocycles. The Morgan fingerprint density at radius 3 is 2.81 bits per heavy atom. The first kappa shape index (κ1) is 10.7. The molecular weight excluding hydrogens is 229 g/mol. The topological polar surface area (TPSA) is 50.9 Å². The second-order valence-electron chi connectivity index (χ2n) is 3.26. The number of hydrogen-bond acceptors (Lipinski definition) is 3. The van der Waals surface area contributed by atoms with Gasteiger partial charge in [0.05, 0.1) is 23.3 Å². The van der Waals surface area contributed by atoms with E-state index < -0.39 is 0 Å². The Balaban J connectivity index is 2.30. The Hall–Kier alpha value is -1.81. The third-order valence-electron chi connectivity index (χ3n) is 1.97. The lowest BCUT2D eigenvalue weighted by Gasteiger charge is -2.07. The number of nitrogens with two attached hydrogens (primary N) is 1. The number of nitrogens with one attached hydrogen (secondary N) is 1. The Labute approximate surface area is 97.1 Å². The predicted octanol–water partition coefficient (Wildman–Crippen LogP) is 3.20. The Kier molecular flexibility index (Phi) is 2.92. The largest absolute Gasteiger partial charge is 0.397 e. The molecule has 3 nitrogen and oxygen atoms in total. The van der Waals surface area contributed by atoms with Crippen LogP contribution in [0.3, 0.4) is 0 Å². The lowest BCUT2D eigenvalue weighted by Crippen LogP contribution is -1.95. The summed E-state index contributed by atoms with van der Waals surface area (Å²) in [6.45, 7) is 0. The average molecular weight is 238 g/mol. The summed E-state index contributed by atoms with van der Waals surface area (Å²) < 4.78 is 13.4. The number of halogens is 2. The van der Waals surface area contributed by atoms with Crippen molar-refractivity contribution >= 4 is 28.7 Å². The van der Waals surface area contributed by atoms with Crippen LogP contribution in [0.5, 0.6) is 0 Å². The summed E-state index contributed by atoms with van der Waals surface area (Å²) in [5.74, 6) is -0.383. The molecule has 16 heavy (non-hydrogen) atoms. The van der Waals surface area contributed by atoms with Crippen LogP contribution in [0.2, 0.25) is 5.02 Å². The van der Waals surface area contributed by atoms with Crippen LogP contribution in [0, 0.1) is 5.82 Å². The van der Waals surface area contributed by atoms with Crippen molar-refractivity contribution in [1.82, 2.24) is 4.98 Å². The van der Waals surface area contributed by atoms with Crippen molar-refractivity contribution in [2.45, 2.75) is 0 Å². The highest BCUT2D eigenvalue weighted by Gasteiger charge is 2.03. The van der Waals surface area contributed by atoms with Gasteiger partial charge in [-0.15, -0.1) is 0 Å². The molecule has 1 heterocycles. The normalized spacial score (nSPS) is 10.1. The van der Waals surface area contributed by atoms with Crippen molar-refractivity contribution in [3.05, 3.63) is 47.5 Å². The van der Waals surface area contributed by atoms with Crippen molar-refractivity contribution in [2.75, 3.05) is 11.1 Å². The van der Waals surface area contributed by atoms with Gasteiger partial charge in [0.25, 0.3) is 0 Å². The smallest absolute Gasteiger partial charge is 0.146 e. The highest BCUT2D eigenvalue weighted by molar-refractivity contribution is 6.30. The molecule has 0 aliphatic carbocycles. The summed E-state index contributed by atoms with van der Waals surface area (Å²) in [6.07, 6.45) is 3.07. The molecule has 2 rings (SSSR count). The minimum Gasteiger partial charge on any atom is -0.397 e. The summed E-state index contributed by atoms with van der Waals surface area (Å²) in [5, 5.41) is 3.31. The van der Waals surface area contributed by atoms with Crippen LogP contribution >= 0.6 is 11.6 Å². The molecule has 0 atom stereocenters. The van der Waals surface area contributed by atoms with Gasteiger partial charge in [0.2, 0.25) is 0 Å². The van der Waals surface area contributed by atoms with Crippen molar-refractivity contribution in [3.63, 3.8) is 0 Å². The van der Waals surface area contributed by atoms with Crippen molar-refractivity contribution < 1.29 is 4.39 Å². The van der Waals surface area contributed by atoms with Gasteiger partial charge in [-0.25, -0.2) is 4.39 Å². The summed E-state index contributed by atoms with van der Waals surface area (Å²) >= 11 is 5.77. The highest BCUT2D eigenvalue weighted by atomic mass is 35.5. The van der Waals surface area contributed by atoms with Gasteiger partial charge in [0.15, 0.2) is 0 Å². The molecule has 5 heteroatoms. The zero-order valence-electron chi connectivity index (χ0n) is 8.24. The number of anilines is 3. The molecule has 0 fully saturated rings. The van der Waals surface area contributed by atoms with E-state index in [1.54, 1.807) is 12.3 Å². The molecule has 1 aromatic heterocycles. The zero-order chi connectivity index (χ0) is 11.5. The molecule has 2 aromatic rings. The number of nitrogens with zero attached hydrogens (tertiary/aromatic N) is 1. The van der Waals surface area contributed by atoms with Gasteiger partial charge in [-0.05, 0) is 24.3 Å². The standard InChI is InChI=1S/C11H9ClFN3/c12-7-1-2-10(13)11(3-7)16-9-4-8(14)5-15-6-9/h1-6,16H,14H2. The van der Waals surface area contributed by atoms with E-state index in [0.29, 0.717) is 22.1 Å². The summed E-state index contributed by atoms with van der Waals surface area (Å²) in [6, 6.07) is 5.94. The minimum absolute atomic E-state index is 0.292. The number of rotatable bonds is 2. The maximum Gasteiger partial charge on any atom is 0.146 e. The average Bonchev–Trinajstić information content (AvgIpc) is 2.24. The Morgan fingerprint density at radius 1 is 1.25 bits per heavy atom. The van der Waals surface area contributed by atoms with Gasteiger partial charge in [0, 0.05) is 11.2 Å². The second-order valence-corrected chi connectivity index (χ2v) is 3.69. The minimum atomic E-state index is -0.383. The molecule has 0 saturated carbocycles. The molecule has 3 N–H and O–H groups in total. The second kappa shape index (κ2) is 4.37. The maximum atomic E-state index is 13.4. The Morgan fingerprint density at radius 2 is 2.06 bits per heavy atom. The number of hydrogen-bond donors (Lipinski definition) is 2. The van der Waals surface area contributed by atoms with Crippen molar-refractivity contribution in [2.24, 2.45) is 0 Å². The summed E-state index contributed by atoms with van der Waals surface area (Å²) in [4.78, 5) is 3.89. The predicted molar refractivity (Wildman–Crippen MR) is 63.3 cm³/mol. The molecule has 1 aromatic carbocycles. The van der Waals surface area contributed by atoms with Gasteiger partial charge in [0.1, 0.15) is 5.82 Å². The maximum absolute atomic E-state index is 13.4. The van der Waals surface area contributed by atoms with E-state index >= 15 is 0 Å². The molecular formula is C11H9ClFN3. The van der Waals surface area contributed by atoms with E-state index in [2.05, 4.69) is 10.3 Å². The van der Waals surface area contributed by atoms with E-state index in [0.717, 1.165) is 0 Å². The van der Waals surface area contributed by atoms with Crippen molar-refractivity contribution in [3.8, 4) is 0 Å². The number of benzene rings is 1. The first-order chi connectivity index (χ1) is 7.65. The van der Waals surface area contributed by atoms with Gasteiger partial charge in [-0.3, -0.25) is 4.98 Å². The summed E-state index contributed by atoms with van der Waals surface area (Å²) in [5.41, 5.74) is 6.97. The van der Waals surface area contributed by atoms with Crippen LogP contribution in [0.25, 0.3) is 0 Å². The van der Waals surface area contributed by atoms with Crippen LogP contribution in [0.1, 0.15) is 0 Å². The van der Waals surface area contributed by atoms with Crippen LogP contribution in [0.15, 0.2) is 36.7 Å². The van der Waals surface area contributed by atoms with Crippen LogP contribution in [-0.2, 0) is 0 Å². The third kappa shape index (κ3) is 2.41. The van der Waals surface area contributed by atoms with E-state index in [9.17, 15) is 4.39 Å². The lowest BCUT2D eigenvalue weighted by atomic mass is 10.3. The van der Waals surface area contributed by atoms with E-state index in [4.69, 9.17) is 17.3 Å². The molecule has 0 aliphatic heterocycles. The first-order valence-corrected chi connectivity index (χ1v) is 4.95. The van der Waals surface area contributed by atoms with Gasteiger partial charge in [-0.2, -0.15) is 0 Å². The zero-order valence-corrected chi connectivity index (χ0v) is 9.00. The van der Waals surface area contributed by atoms with Crippen LogP contribution in [0.4, 0.5) is 21.5 Å². The van der Waals surface area contributed by atoms with Gasteiger partial charge < -0.3 is 11.1 Å². The van der Waals surface area contributed by atoms with E-state index in [1.807, 2.05) is 0 Å². The van der Waals surface area contributed by atoms with E-state index in [1.165, 1.54) is 24.4 Å². The number of nitrogen functional groups attached to an aromatic ring is 1. The van der Waals surface area contributed by atoms with E-state index in [-0.39, 0.29) is 5.82 Å². The molecule has 0 bridgehead atoms. The van der Waals surface area contributed by atoms with Gasteiger partial charge in [-0.1, -0.05) is 11.6 Å². The molecule has 0 aliphatic rings. The fourth-order valence-corrected chi connectivity index (χ4v) is 1.45. The molecule has 0 amide bonds. The molecule has 82 valence electrons. The molecule has 0 spiro atoms. The fraction of sp³-hybridized carbons (Fsp3) is 0. The third-order valence-corrected chi connectivity index (χ3v) is 2.20. The van der Waals surface area contributed by atoms with Gasteiger partial charge >= 0.3 is 0 Å². The van der Waals surface area contributed by atoms with Crippen LogP contribution in [-0.4, -0.2) is 4.98 Å². The fourth-order valence-electron chi connectivity index (χ4n) is 1.27. The quantitative estimate of drug-likeness (QED) is 0.843. The molecule has 0 radical (unpaired) electrons. The number of pyridine rings is 1. The highest BCUT2D eigenvalue weighted by Crippen LogP contribution is 2.23. The number of aromatic nitrogens is 1. The van der Waals surface area contributed by atoms with Crippen LogP contribution < -0.4 is 11.1 Å². The molecule has 0 unspecified atom stereocenters. The first-order valence-electron chi connectivity index (χ1n) is 4.58. The lowest BCUT2D eigenvalue weighted by molar-refractivity contribution is 0.632. The summed E-state index contributed by atoms with van der Waals surface area (Å²) in [7, 11) is 0. The SMILES string of the molecule is Nc1cncc(Nc2cc(Cl)ccc2F)c1. The monoisotopic (exact) mass is 237 g/mol.